The predicted molar refractivity (Wildman–Crippen MR) is 143 cm³/mol. The van der Waals surface area contributed by atoms with E-state index in [2.05, 4.69) is 45.9 Å². The number of halogens is 1. The molecule has 0 radical (unpaired) electrons. The third kappa shape index (κ3) is 7.22. The number of aryl methyl sites for hydroxylation is 3. The number of methoxy groups -OCH3 is 2. The van der Waals surface area contributed by atoms with Crippen LogP contribution < -0.4 is 14.8 Å². The maximum atomic E-state index is 5.48. The zero-order valence-corrected chi connectivity index (χ0v) is 23.0. The van der Waals surface area contributed by atoms with E-state index in [1.807, 2.05) is 12.1 Å². The van der Waals surface area contributed by atoms with Crippen LogP contribution in [0.3, 0.4) is 0 Å². The quantitative estimate of drug-likeness (QED) is 0.213. The summed E-state index contributed by atoms with van der Waals surface area (Å²) in [5.74, 6) is 4.66. The minimum atomic E-state index is 0. The number of ether oxygens (including phenoxy) is 2. The summed E-state index contributed by atoms with van der Waals surface area (Å²) in [6.07, 6.45) is 6.65. The highest BCUT2D eigenvalue weighted by molar-refractivity contribution is 14.0. The van der Waals surface area contributed by atoms with Crippen LogP contribution in [0.25, 0.3) is 0 Å². The first kappa shape index (κ1) is 27.2. The summed E-state index contributed by atoms with van der Waals surface area (Å²) in [5, 5.41) is 12.3. The van der Waals surface area contributed by atoms with Gasteiger partial charge in [0.05, 0.1) is 14.2 Å². The van der Waals surface area contributed by atoms with Crippen LogP contribution in [0.2, 0.25) is 0 Å². The molecule has 1 N–H and O–H groups in total. The van der Waals surface area contributed by atoms with Crippen molar-refractivity contribution < 1.29 is 9.47 Å². The predicted octanol–water partition coefficient (Wildman–Crippen LogP) is 3.98. The number of nitrogens with zero attached hydrogens (tertiary/aromatic N) is 5. The molecule has 8 nitrogen and oxygen atoms in total. The average molecular weight is 571 g/mol. The Morgan fingerprint density at radius 1 is 1.15 bits per heavy atom. The molecule has 0 saturated heterocycles. The van der Waals surface area contributed by atoms with Crippen molar-refractivity contribution in [2.45, 2.75) is 65.5 Å². The van der Waals surface area contributed by atoms with Crippen LogP contribution in [0.15, 0.2) is 17.1 Å². The van der Waals surface area contributed by atoms with Gasteiger partial charge in [-0.05, 0) is 56.4 Å². The third-order valence-corrected chi connectivity index (χ3v) is 5.95. The summed E-state index contributed by atoms with van der Waals surface area (Å²) in [5.41, 5.74) is 2.35. The molecule has 0 amide bonds. The van der Waals surface area contributed by atoms with E-state index in [9.17, 15) is 0 Å². The maximum absolute atomic E-state index is 5.48. The van der Waals surface area contributed by atoms with E-state index < -0.39 is 0 Å². The topological polar surface area (TPSA) is 76.8 Å². The highest BCUT2D eigenvalue weighted by Crippen LogP contribution is 2.30. The minimum Gasteiger partial charge on any atom is -0.493 e. The first-order chi connectivity index (χ1) is 15.6. The van der Waals surface area contributed by atoms with Crippen molar-refractivity contribution in [3.8, 4) is 11.5 Å². The molecule has 1 aliphatic rings. The average Bonchev–Trinajstić information content (AvgIpc) is 3.02. The molecule has 1 aliphatic heterocycles. The van der Waals surface area contributed by atoms with Crippen molar-refractivity contribution in [2.75, 3.05) is 34.4 Å². The summed E-state index contributed by atoms with van der Waals surface area (Å²) in [4.78, 5) is 7.02. The number of hydrogen-bond donors (Lipinski definition) is 1. The van der Waals surface area contributed by atoms with Crippen molar-refractivity contribution in [2.24, 2.45) is 4.99 Å². The van der Waals surface area contributed by atoms with Crippen molar-refractivity contribution in [1.82, 2.24) is 25.0 Å². The zero-order valence-electron chi connectivity index (χ0n) is 20.7. The van der Waals surface area contributed by atoms with Gasteiger partial charge in [-0.15, -0.1) is 34.2 Å². The van der Waals surface area contributed by atoms with E-state index in [1.165, 1.54) is 24.8 Å². The fourth-order valence-electron chi connectivity index (χ4n) is 4.15. The Bertz CT molecular complexity index is 915. The molecule has 1 aromatic heterocycles. The SMILES string of the molecule is CCNC(=NCCCc1nnc2n1CCCCC2)N(C)Cc1cc(OC)c(OC)cc1C.I. The molecule has 0 spiro atoms. The van der Waals surface area contributed by atoms with Crippen molar-refractivity contribution >= 4 is 29.9 Å². The van der Waals surface area contributed by atoms with E-state index in [0.29, 0.717) is 0 Å². The van der Waals surface area contributed by atoms with Gasteiger partial charge in [-0.3, -0.25) is 4.99 Å². The van der Waals surface area contributed by atoms with Gasteiger partial charge in [0.15, 0.2) is 17.5 Å². The summed E-state index contributed by atoms with van der Waals surface area (Å²) in [6.45, 7) is 7.55. The Hall–Kier alpha value is -2.04. The Morgan fingerprint density at radius 3 is 2.64 bits per heavy atom. The summed E-state index contributed by atoms with van der Waals surface area (Å²) >= 11 is 0. The highest BCUT2D eigenvalue weighted by Gasteiger charge is 2.15. The second kappa shape index (κ2) is 13.6. The second-order valence-electron chi connectivity index (χ2n) is 8.32. The minimum absolute atomic E-state index is 0. The number of aromatic nitrogens is 3. The zero-order chi connectivity index (χ0) is 22.9. The van der Waals surface area contributed by atoms with Crippen LogP contribution in [-0.4, -0.2) is 60.0 Å². The van der Waals surface area contributed by atoms with Crippen LogP contribution in [0.4, 0.5) is 0 Å². The summed E-state index contributed by atoms with van der Waals surface area (Å²) < 4.78 is 13.2. The molecule has 0 atom stereocenters. The molecular formula is C24H39IN6O2. The van der Waals surface area contributed by atoms with Crippen LogP contribution in [0.1, 0.15) is 55.4 Å². The third-order valence-electron chi connectivity index (χ3n) is 5.95. The molecule has 9 heteroatoms. The monoisotopic (exact) mass is 570 g/mol. The molecule has 3 rings (SSSR count). The molecule has 1 aromatic carbocycles. The summed E-state index contributed by atoms with van der Waals surface area (Å²) in [6, 6.07) is 4.07. The van der Waals surface area contributed by atoms with Gasteiger partial charge in [0, 0.05) is 46.1 Å². The Morgan fingerprint density at radius 2 is 1.91 bits per heavy atom. The van der Waals surface area contributed by atoms with Crippen molar-refractivity contribution in [1.29, 1.82) is 0 Å². The number of nitrogens with one attached hydrogen (secondary N) is 1. The molecule has 0 bridgehead atoms. The number of rotatable bonds is 9. The number of hydrogen-bond acceptors (Lipinski definition) is 5. The van der Waals surface area contributed by atoms with Crippen LogP contribution in [0, 0.1) is 6.92 Å². The van der Waals surface area contributed by atoms with E-state index in [-0.39, 0.29) is 24.0 Å². The fraction of sp³-hybridized carbons (Fsp3) is 0.625. The lowest BCUT2D eigenvalue weighted by atomic mass is 10.1. The van der Waals surface area contributed by atoms with Gasteiger partial charge in [-0.1, -0.05) is 6.42 Å². The molecule has 184 valence electrons. The molecule has 2 aromatic rings. The first-order valence-corrected chi connectivity index (χ1v) is 11.7. The number of benzene rings is 1. The van der Waals surface area contributed by atoms with Gasteiger partial charge in [-0.2, -0.15) is 0 Å². The largest absolute Gasteiger partial charge is 0.493 e. The first-order valence-electron chi connectivity index (χ1n) is 11.7. The second-order valence-corrected chi connectivity index (χ2v) is 8.32. The van der Waals surface area contributed by atoms with Crippen LogP contribution >= 0.6 is 24.0 Å². The van der Waals surface area contributed by atoms with Crippen molar-refractivity contribution in [3.05, 3.63) is 34.9 Å². The molecule has 0 fully saturated rings. The van der Waals surface area contributed by atoms with Gasteiger partial charge in [-0.25, -0.2) is 0 Å². The molecule has 33 heavy (non-hydrogen) atoms. The molecule has 0 saturated carbocycles. The van der Waals surface area contributed by atoms with Gasteiger partial charge in [0.2, 0.25) is 0 Å². The lowest BCUT2D eigenvalue weighted by Crippen LogP contribution is -2.38. The van der Waals surface area contributed by atoms with Crippen LogP contribution in [-0.2, 0) is 25.9 Å². The van der Waals surface area contributed by atoms with Crippen molar-refractivity contribution in [3.63, 3.8) is 0 Å². The Labute approximate surface area is 215 Å². The molecule has 0 aliphatic carbocycles. The van der Waals surface area contributed by atoms with Gasteiger partial charge in [0.25, 0.3) is 0 Å². The fourth-order valence-corrected chi connectivity index (χ4v) is 4.15. The molecular weight excluding hydrogens is 531 g/mol. The van der Waals surface area contributed by atoms with E-state index in [4.69, 9.17) is 14.5 Å². The van der Waals surface area contributed by atoms with Gasteiger partial charge >= 0.3 is 0 Å². The lowest BCUT2D eigenvalue weighted by Gasteiger charge is -2.23. The summed E-state index contributed by atoms with van der Waals surface area (Å²) in [7, 11) is 5.40. The maximum Gasteiger partial charge on any atom is 0.193 e. The standard InChI is InChI=1S/C24H38N6O2.HI/c1-6-25-24(29(3)17-19-16-21(32-5)20(31-4)15-18(19)2)26-13-10-12-23-28-27-22-11-8-7-9-14-30(22)23;/h15-16H,6-14,17H2,1-5H3,(H,25,26);1H. The Kier molecular flexibility index (Phi) is 11.2. The lowest BCUT2D eigenvalue weighted by molar-refractivity contribution is 0.353. The van der Waals surface area contributed by atoms with Gasteiger partial charge < -0.3 is 24.3 Å². The molecule has 2 heterocycles. The normalized spacial score (nSPS) is 13.5. The van der Waals surface area contributed by atoms with E-state index >= 15 is 0 Å². The Balaban J connectivity index is 0.00000385. The van der Waals surface area contributed by atoms with E-state index in [1.54, 1.807) is 14.2 Å². The highest BCUT2D eigenvalue weighted by atomic mass is 127. The number of fused-ring (bicyclic) bond motifs is 1. The molecule has 0 unspecified atom stereocenters. The van der Waals surface area contributed by atoms with Gasteiger partial charge in [0.1, 0.15) is 11.6 Å². The van der Waals surface area contributed by atoms with E-state index in [0.717, 1.165) is 80.1 Å². The number of guanidine groups is 1. The smallest absolute Gasteiger partial charge is 0.193 e. The number of aliphatic imine (C=N–C) groups is 1. The van der Waals surface area contributed by atoms with Crippen LogP contribution in [0.5, 0.6) is 11.5 Å².